The maximum Gasteiger partial charge on any atom is 0.111 e. The molecule has 0 saturated carbocycles. The maximum absolute atomic E-state index is 5.96. The molecule has 6 nitrogen and oxygen atoms in total. The third-order valence-corrected chi connectivity index (χ3v) is 6.85. The molecule has 0 amide bonds. The Balaban J connectivity index is 1.19. The standard InChI is InChI=1S/C30H22Cl2N6/c31-21-5-9-23(10-6-21)35-37-29-17-33-27-13-3-19(15-25(27)29)1-2-20-4-14-28-26(16-20)30(18-34-28)38-36-24-11-7-22(32)8-12-24/h3-18,33-34H,1-2H2. The summed E-state index contributed by atoms with van der Waals surface area (Å²) in [5, 5.41) is 21.1. The molecule has 8 heteroatoms. The van der Waals surface area contributed by atoms with Crippen LogP contribution in [0.5, 0.6) is 0 Å². The highest BCUT2D eigenvalue weighted by Gasteiger charge is 2.07. The van der Waals surface area contributed by atoms with Crippen LogP contribution in [0.3, 0.4) is 0 Å². The number of hydrogen-bond donors (Lipinski definition) is 2. The lowest BCUT2D eigenvalue weighted by Gasteiger charge is -2.04. The summed E-state index contributed by atoms with van der Waals surface area (Å²) in [6.07, 6.45) is 5.56. The average Bonchev–Trinajstić information content (AvgIpc) is 3.54. The van der Waals surface area contributed by atoms with Gasteiger partial charge in [0.1, 0.15) is 11.4 Å². The number of aromatic nitrogens is 2. The highest BCUT2D eigenvalue weighted by atomic mass is 35.5. The Morgan fingerprint density at radius 1 is 0.500 bits per heavy atom. The Morgan fingerprint density at radius 2 is 0.921 bits per heavy atom. The van der Waals surface area contributed by atoms with Crippen LogP contribution < -0.4 is 0 Å². The molecule has 2 aromatic heterocycles. The van der Waals surface area contributed by atoms with Crippen LogP contribution in [-0.4, -0.2) is 9.97 Å². The van der Waals surface area contributed by atoms with E-state index in [1.807, 2.05) is 36.7 Å². The smallest absolute Gasteiger partial charge is 0.111 e. The van der Waals surface area contributed by atoms with Gasteiger partial charge in [-0.3, -0.25) is 0 Å². The van der Waals surface area contributed by atoms with Gasteiger partial charge in [0, 0.05) is 44.2 Å². The van der Waals surface area contributed by atoms with Gasteiger partial charge in [0.15, 0.2) is 0 Å². The quantitative estimate of drug-likeness (QED) is 0.190. The van der Waals surface area contributed by atoms with Crippen molar-refractivity contribution in [1.29, 1.82) is 0 Å². The number of aromatic amines is 2. The molecule has 6 rings (SSSR count). The van der Waals surface area contributed by atoms with Crippen LogP contribution in [0.2, 0.25) is 10.0 Å². The summed E-state index contributed by atoms with van der Waals surface area (Å²) in [4.78, 5) is 6.56. The van der Waals surface area contributed by atoms with Gasteiger partial charge >= 0.3 is 0 Å². The zero-order valence-electron chi connectivity index (χ0n) is 20.2. The summed E-state index contributed by atoms with van der Waals surface area (Å²) in [5.41, 5.74) is 7.65. The van der Waals surface area contributed by atoms with Crippen LogP contribution in [0.4, 0.5) is 22.7 Å². The Labute approximate surface area is 229 Å². The fourth-order valence-corrected chi connectivity index (χ4v) is 4.56. The van der Waals surface area contributed by atoms with Crippen LogP contribution >= 0.6 is 23.2 Å². The minimum absolute atomic E-state index is 0.676. The van der Waals surface area contributed by atoms with Gasteiger partial charge in [0.25, 0.3) is 0 Å². The summed E-state index contributed by atoms with van der Waals surface area (Å²) in [5.74, 6) is 0. The van der Waals surface area contributed by atoms with Crippen molar-refractivity contribution in [2.24, 2.45) is 20.5 Å². The van der Waals surface area contributed by atoms with E-state index in [1.165, 1.54) is 11.1 Å². The van der Waals surface area contributed by atoms with Crippen molar-refractivity contribution in [3.05, 3.63) is 118 Å². The SMILES string of the molecule is Clc1ccc(N=Nc2c[nH]c3ccc(CCc4ccc5[nH]cc(N=Nc6ccc(Cl)cc6)c5c4)cc23)cc1. The summed E-state index contributed by atoms with van der Waals surface area (Å²) < 4.78 is 0. The zero-order chi connectivity index (χ0) is 25.9. The average molecular weight is 537 g/mol. The molecule has 0 bridgehead atoms. The second-order valence-corrected chi connectivity index (χ2v) is 9.83. The number of aryl methyl sites for hydroxylation is 2. The molecule has 4 aromatic carbocycles. The van der Waals surface area contributed by atoms with Gasteiger partial charge in [0.2, 0.25) is 0 Å². The molecule has 2 N–H and O–H groups in total. The molecular weight excluding hydrogens is 515 g/mol. The second kappa shape index (κ2) is 10.6. The van der Waals surface area contributed by atoms with Gasteiger partial charge in [0.05, 0.1) is 11.4 Å². The lowest BCUT2D eigenvalue weighted by Crippen LogP contribution is -1.91. The molecule has 0 fully saturated rings. The molecule has 0 aliphatic heterocycles. The molecule has 38 heavy (non-hydrogen) atoms. The van der Waals surface area contributed by atoms with Crippen molar-refractivity contribution in [3.8, 4) is 0 Å². The first-order chi connectivity index (χ1) is 18.6. The second-order valence-electron chi connectivity index (χ2n) is 8.96. The first-order valence-electron chi connectivity index (χ1n) is 12.2. The predicted molar refractivity (Wildman–Crippen MR) is 155 cm³/mol. The first kappa shape index (κ1) is 24.1. The zero-order valence-corrected chi connectivity index (χ0v) is 21.7. The van der Waals surface area contributed by atoms with Gasteiger partial charge in [-0.05, 0) is 96.8 Å². The van der Waals surface area contributed by atoms with E-state index in [0.29, 0.717) is 10.0 Å². The van der Waals surface area contributed by atoms with E-state index in [4.69, 9.17) is 23.2 Å². The number of benzene rings is 4. The third kappa shape index (κ3) is 5.37. The largest absolute Gasteiger partial charge is 0.359 e. The number of nitrogens with one attached hydrogen (secondary N) is 2. The van der Waals surface area contributed by atoms with Gasteiger partial charge in [-0.1, -0.05) is 35.3 Å². The molecule has 0 aliphatic rings. The summed E-state index contributed by atoms with van der Waals surface area (Å²) >= 11 is 11.9. The topological polar surface area (TPSA) is 81.0 Å². The van der Waals surface area contributed by atoms with E-state index < -0.39 is 0 Å². The predicted octanol–water partition coefficient (Wildman–Crippen LogP) is 10.6. The lowest BCUT2D eigenvalue weighted by atomic mass is 10.0. The summed E-state index contributed by atoms with van der Waals surface area (Å²) in [6, 6.07) is 27.5. The van der Waals surface area contributed by atoms with Crippen LogP contribution in [0.1, 0.15) is 11.1 Å². The van der Waals surface area contributed by atoms with Gasteiger partial charge in [-0.25, -0.2) is 0 Å². The third-order valence-electron chi connectivity index (χ3n) is 6.35. The summed E-state index contributed by atoms with van der Waals surface area (Å²) in [6.45, 7) is 0. The fraction of sp³-hybridized carbons (Fsp3) is 0.0667. The monoisotopic (exact) mass is 536 g/mol. The molecule has 0 aliphatic carbocycles. The Bertz CT molecular complexity index is 1650. The van der Waals surface area contributed by atoms with E-state index in [9.17, 15) is 0 Å². The van der Waals surface area contributed by atoms with E-state index in [-0.39, 0.29) is 0 Å². The van der Waals surface area contributed by atoms with Crippen LogP contribution in [-0.2, 0) is 12.8 Å². The van der Waals surface area contributed by atoms with E-state index in [2.05, 4.69) is 66.8 Å². The number of H-pyrrole nitrogens is 2. The normalized spacial score (nSPS) is 11.9. The number of fused-ring (bicyclic) bond motifs is 2. The highest BCUT2D eigenvalue weighted by Crippen LogP contribution is 2.31. The minimum atomic E-state index is 0.676. The van der Waals surface area contributed by atoms with Crippen molar-refractivity contribution in [2.75, 3.05) is 0 Å². The molecule has 0 spiro atoms. The highest BCUT2D eigenvalue weighted by molar-refractivity contribution is 6.30. The molecule has 0 unspecified atom stereocenters. The Morgan fingerprint density at radius 3 is 1.34 bits per heavy atom. The number of azo groups is 2. The van der Waals surface area contributed by atoms with Crippen molar-refractivity contribution in [2.45, 2.75) is 12.8 Å². The minimum Gasteiger partial charge on any atom is -0.359 e. The number of halogens is 2. The van der Waals surface area contributed by atoms with Crippen LogP contribution in [0.25, 0.3) is 21.8 Å². The van der Waals surface area contributed by atoms with Crippen molar-refractivity contribution >= 4 is 67.8 Å². The maximum atomic E-state index is 5.96. The molecule has 0 saturated heterocycles. The molecule has 2 heterocycles. The Hall–Kier alpha value is -4.26. The van der Waals surface area contributed by atoms with Crippen molar-refractivity contribution in [1.82, 2.24) is 9.97 Å². The molecule has 0 atom stereocenters. The lowest BCUT2D eigenvalue weighted by molar-refractivity contribution is 0.964. The first-order valence-corrected chi connectivity index (χ1v) is 12.9. The van der Waals surface area contributed by atoms with Gasteiger partial charge in [-0.2, -0.15) is 10.2 Å². The van der Waals surface area contributed by atoms with Crippen molar-refractivity contribution < 1.29 is 0 Å². The number of hydrogen-bond acceptors (Lipinski definition) is 4. The number of rotatable bonds is 7. The van der Waals surface area contributed by atoms with E-state index in [0.717, 1.165) is 57.4 Å². The van der Waals surface area contributed by atoms with Gasteiger partial charge in [-0.15, -0.1) is 10.2 Å². The molecule has 6 aromatic rings. The Kier molecular flexibility index (Phi) is 6.73. The van der Waals surface area contributed by atoms with Crippen molar-refractivity contribution in [3.63, 3.8) is 0 Å². The van der Waals surface area contributed by atoms with E-state index >= 15 is 0 Å². The molecule has 0 radical (unpaired) electrons. The number of nitrogens with zero attached hydrogens (tertiary/aromatic N) is 4. The fourth-order valence-electron chi connectivity index (χ4n) is 4.31. The van der Waals surface area contributed by atoms with Gasteiger partial charge < -0.3 is 9.97 Å². The van der Waals surface area contributed by atoms with Crippen LogP contribution in [0, 0.1) is 0 Å². The van der Waals surface area contributed by atoms with Crippen LogP contribution in [0.15, 0.2) is 118 Å². The summed E-state index contributed by atoms with van der Waals surface area (Å²) in [7, 11) is 0. The molecular formula is C30H22Cl2N6. The van der Waals surface area contributed by atoms with E-state index in [1.54, 1.807) is 24.3 Å². The molecule has 186 valence electrons.